The molecule has 0 aliphatic carbocycles. The summed E-state index contributed by atoms with van der Waals surface area (Å²) in [6.45, 7) is 7.34. The molecular formula is C43H34Si. The first kappa shape index (κ1) is 26.6. The average Bonchev–Trinajstić information content (AvgIpc) is 3.06. The number of benzene rings is 8. The third-order valence-electron chi connectivity index (χ3n) is 9.21. The molecule has 0 spiro atoms. The molecule has 0 aliphatic heterocycles. The molecule has 0 amide bonds. The third kappa shape index (κ3) is 4.35. The van der Waals surface area contributed by atoms with E-state index in [0.29, 0.717) is 0 Å². The summed E-state index contributed by atoms with van der Waals surface area (Å²) in [7, 11) is -1.58. The van der Waals surface area contributed by atoms with Gasteiger partial charge in [-0.1, -0.05) is 170 Å². The molecule has 210 valence electrons. The number of fused-ring (bicyclic) bond motifs is 4. The van der Waals surface area contributed by atoms with Crippen molar-refractivity contribution in [1.82, 2.24) is 0 Å². The molecule has 0 fully saturated rings. The van der Waals surface area contributed by atoms with Crippen molar-refractivity contribution in [2.75, 3.05) is 0 Å². The Kier molecular flexibility index (Phi) is 6.25. The van der Waals surface area contributed by atoms with Gasteiger partial charge in [-0.15, -0.1) is 0 Å². The summed E-state index contributed by atoms with van der Waals surface area (Å²) in [6, 6.07) is 56.4. The maximum absolute atomic E-state index is 2.52. The quantitative estimate of drug-likeness (QED) is 0.144. The van der Waals surface area contributed by atoms with Gasteiger partial charge in [-0.05, 0) is 82.5 Å². The number of rotatable bonds is 4. The summed E-state index contributed by atoms with van der Waals surface area (Å²) in [4.78, 5) is 0. The van der Waals surface area contributed by atoms with Crippen LogP contribution in [0.2, 0.25) is 19.6 Å². The fourth-order valence-corrected chi connectivity index (χ4v) is 8.14. The van der Waals surface area contributed by atoms with E-state index in [9.17, 15) is 0 Å². The van der Waals surface area contributed by atoms with Gasteiger partial charge in [-0.25, -0.2) is 0 Å². The molecule has 0 heterocycles. The van der Waals surface area contributed by atoms with Crippen molar-refractivity contribution < 1.29 is 0 Å². The van der Waals surface area contributed by atoms with E-state index in [1.807, 2.05) is 0 Å². The van der Waals surface area contributed by atoms with Crippen LogP contribution in [-0.4, -0.2) is 8.07 Å². The Labute approximate surface area is 260 Å². The zero-order valence-electron chi connectivity index (χ0n) is 25.4. The summed E-state index contributed by atoms with van der Waals surface area (Å²) in [5, 5.41) is 11.8. The molecule has 0 radical (unpaired) electrons. The lowest BCUT2D eigenvalue weighted by atomic mass is 9.83. The highest BCUT2D eigenvalue weighted by Gasteiger charge is 2.22. The fourth-order valence-electron chi connectivity index (χ4n) is 6.98. The SMILES string of the molecule is C[Si](C)(C)c1ccc2c(-c3ccc4ccccc4c3)c3ccccc3c(-c3ccc(-c4ccccc4)c4ccccc34)c2c1. The molecule has 0 aromatic heterocycles. The second kappa shape index (κ2) is 10.3. The first-order chi connectivity index (χ1) is 21.5. The smallest absolute Gasteiger partial charge is 0.0656 e. The van der Waals surface area contributed by atoms with Gasteiger partial charge in [-0.3, -0.25) is 0 Å². The normalized spacial score (nSPS) is 12.0. The van der Waals surface area contributed by atoms with E-state index in [4.69, 9.17) is 0 Å². The topological polar surface area (TPSA) is 0 Å². The molecule has 0 nitrogen and oxygen atoms in total. The Morgan fingerprint density at radius 2 is 0.909 bits per heavy atom. The second-order valence-corrected chi connectivity index (χ2v) is 18.0. The molecular weight excluding hydrogens is 545 g/mol. The van der Waals surface area contributed by atoms with Gasteiger partial charge < -0.3 is 0 Å². The van der Waals surface area contributed by atoms with Gasteiger partial charge in [0.2, 0.25) is 0 Å². The Hall–Kier alpha value is -4.98. The van der Waals surface area contributed by atoms with Crippen molar-refractivity contribution in [3.8, 4) is 33.4 Å². The Morgan fingerprint density at radius 3 is 1.64 bits per heavy atom. The van der Waals surface area contributed by atoms with Crippen molar-refractivity contribution in [3.63, 3.8) is 0 Å². The van der Waals surface area contributed by atoms with Crippen molar-refractivity contribution in [1.29, 1.82) is 0 Å². The second-order valence-electron chi connectivity index (χ2n) is 12.9. The Balaban J connectivity index is 1.52. The van der Waals surface area contributed by atoms with Crippen molar-refractivity contribution in [2.45, 2.75) is 19.6 Å². The predicted octanol–water partition coefficient (Wildman–Crippen LogP) is 11.8. The summed E-state index contributed by atoms with van der Waals surface area (Å²) >= 11 is 0. The van der Waals surface area contributed by atoms with E-state index in [1.54, 1.807) is 0 Å². The molecule has 1 heteroatoms. The minimum atomic E-state index is -1.58. The minimum Gasteiger partial charge on any atom is -0.0656 e. The number of hydrogen-bond donors (Lipinski definition) is 0. The zero-order chi connectivity index (χ0) is 29.8. The molecule has 0 unspecified atom stereocenters. The van der Waals surface area contributed by atoms with E-state index < -0.39 is 8.07 Å². The summed E-state index contributed by atoms with van der Waals surface area (Å²) in [5.74, 6) is 0. The van der Waals surface area contributed by atoms with Gasteiger partial charge in [0.25, 0.3) is 0 Å². The molecule has 0 saturated carbocycles. The van der Waals surface area contributed by atoms with Crippen LogP contribution in [0.4, 0.5) is 0 Å². The summed E-state index contributed by atoms with van der Waals surface area (Å²) < 4.78 is 0. The van der Waals surface area contributed by atoms with Crippen LogP contribution in [-0.2, 0) is 0 Å². The van der Waals surface area contributed by atoms with E-state index in [1.165, 1.54) is 81.7 Å². The van der Waals surface area contributed by atoms with Crippen LogP contribution >= 0.6 is 0 Å². The molecule has 8 rings (SSSR count). The lowest BCUT2D eigenvalue weighted by Crippen LogP contribution is -2.37. The maximum atomic E-state index is 2.52. The zero-order valence-corrected chi connectivity index (χ0v) is 26.4. The minimum absolute atomic E-state index is 1.25. The van der Waals surface area contributed by atoms with Crippen LogP contribution in [0.3, 0.4) is 0 Å². The highest BCUT2D eigenvalue weighted by molar-refractivity contribution is 6.88. The Bertz CT molecular complexity index is 2360. The van der Waals surface area contributed by atoms with E-state index >= 15 is 0 Å². The molecule has 8 aromatic carbocycles. The fraction of sp³-hybridized carbons (Fsp3) is 0.0698. The molecule has 0 aliphatic rings. The van der Waals surface area contributed by atoms with E-state index in [2.05, 4.69) is 171 Å². The lowest BCUT2D eigenvalue weighted by Gasteiger charge is -2.23. The highest BCUT2D eigenvalue weighted by Crippen LogP contribution is 2.46. The van der Waals surface area contributed by atoms with Gasteiger partial charge in [0.15, 0.2) is 0 Å². The van der Waals surface area contributed by atoms with Crippen LogP contribution < -0.4 is 5.19 Å². The van der Waals surface area contributed by atoms with Crippen LogP contribution in [0.25, 0.3) is 76.5 Å². The predicted molar refractivity (Wildman–Crippen MR) is 196 cm³/mol. The van der Waals surface area contributed by atoms with Gasteiger partial charge in [0.05, 0.1) is 8.07 Å². The molecule has 0 saturated heterocycles. The summed E-state index contributed by atoms with van der Waals surface area (Å²) in [6.07, 6.45) is 0. The Morgan fingerprint density at radius 1 is 0.341 bits per heavy atom. The van der Waals surface area contributed by atoms with Gasteiger partial charge in [0, 0.05) is 0 Å². The van der Waals surface area contributed by atoms with Crippen molar-refractivity contribution in [2.24, 2.45) is 0 Å². The average molecular weight is 579 g/mol. The molecule has 0 N–H and O–H groups in total. The maximum Gasteiger partial charge on any atom is 0.0776 e. The van der Waals surface area contributed by atoms with E-state index in [-0.39, 0.29) is 0 Å². The lowest BCUT2D eigenvalue weighted by molar-refractivity contribution is 1.64. The van der Waals surface area contributed by atoms with E-state index in [0.717, 1.165) is 0 Å². The first-order valence-electron chi connectivity index (χ1n) is 15.5. The van der Waals surface area contributed by atoms with Crippen LogP contribution in [0.15, 0.2) is 152 Å². The van der Waals surface area contributed by atoms with Gasteiger partial charge in [-0.2, -0.15) is 0 Å². The van der Waals surface area contributed by atoms with Crippen molar-refractivity contribution in [3.05, 3.63) is 152 Å². The highest BCUT2D eigenvalue weighted by atomic mass is 28.3. The largest absolute Gasteiger partial charge is 0.0776 e. The molecule has 44 heavy (non-hydrogen) atoms. The number of hydrogen-bond acceptors (Lipinski definition) is 0. The summed E-state index contributed by atoms with van der Waals surface area (Å²) in [5.41, 5.74) is 7.72. The molecule has 0 atom stereocenters. The standard InChI is InChI=1S/C43H34Si/c1-44(2,3)33-23-24-40-41(28-33)43(39-26-25-34(30-14-5-4-6-15-30)35-17-9-10-18-36(35)39)38-20-12-11-19-37(38)42(40)32-22-21-29-13-7-8-16-31(29)27-32/h4-28H,1-3H3. The van der Waals surface area contributed by atoms with Crippen LogP contribution in [0.1, 0.15) is 0 Å². The monoisotopic (exact) mass is 578 g/mol. The van der Waals surface area contributed by atoms with Crippen LogP contribution in [0.5, 0.6) is 0 Å². The molecule has 8 aromatic rings. The van der Waals surface area contributed by atoms with Crippen molar-refractivity contribution >= 4 is 56.4 Å². The third-order valence-corrected chi connectivity index (χ3v) is 11.2. The first-order valence-corrected chi connectivity index (χ1v) is 19.0. The van der Waals surface area contributed by atoms with Gasteiger partial charge >= 0.3 is 0 Å². The van der Waals surface area contributed by atoms with Gasteiger partial charge in [0.1, 0.15) is 0 Å². The van der Waals surface area contributed by atoms with Crippen LogP contribution in [0, 0.1) is 0 Å². The molecule has 0 bridgehead atoms.